The number of benzene rings is 1. The Labute approximate surface area is 99.4 Å². The van der Waals surface area contributed by atoms with Crippen molar-refractivity contribution in [2.75, 3.05) is 19.6 Å². The van der Waals surface area contributed by atoms with Crippen LogP contribution in [0.1, 0.15) is 17.9 Å². The Balaban J connectivity index is 2.20. The molecule has 1 saturated heterocycles. The Hall–Kier alpha value is -0.380. The zero-order valence-corrected chi connectivity index (χ0v) is 10.3. The molecule has 82 valence electrons. The van der Waals surface area contributed by atoms with Crippen LogP contribution in [-0.4, -0.2) is 19.6 Å². The Morgan fingerprint density at radius 2 is 2.33 bits per heavy atom. The first kappa shape index (κ1) is 11.1. The largest absolute Gasteiger partial charge is 0.330 e. The van der Waals surface area contributed by atoms with E-state index in [-0.39, 0.29) is 0 Å². The van der Waals surface area contributed by atoms with Gasteiger partial charge in [-0.2, -0.15) is 0 Å². The molecule has 0 radical (unpaired) electrons. The van der Waals surface area contributed by atoms with Crippen molar-refractivity contribution in [3.05, 3.63) is 34.3 Å². The van der Waals surface area contributed by atoms with Gasteiger partial charge in [0.15, 0.2) is 0 Å². The van der Waals surface area contributed by atoms with E-state index >= 15 is 0 Å². The van der Waals surface area contributed by atoms with Crippen molar-refractivity contribution in [1.29, 1.82) is 0 Å². The Bertz CT molecular complexity index is 327. The van der Waals surface area contributed by atoms with E-state index in [1.807, 2.05) is 0 Å². The van der Waals surface area contributed by atoms with Crippen molar-refractivity contribution in [3.63, 3.8) is 0 Å². The van der Waals surface area contributed by atoms with Crippen molar-refractivity contribution in [2.45, 2.75) is 12.3 Å². The molecular formula is C12H17BrN2. The lowest BCUT2D eigenvalue weighted by Gasteiger charge is -2.31. The van der Waals surface area contributed by atoms with E-state index in [0.29, 0.717) is 11.8 Å². The topological polar surface area (TPSA) is 38.0 Å². The number of nitrogens with two attached hydrogens (primary N) is 1. The molecule has 0 aliphatic carbocycles. The molecule has 1 fully saturated rings. The highest BCUT2D eigenvalue weighted by Crippen LogP contribution is 2.29. The summed E-state index contributed by atoms with van der Waals surface area (Å²) in [6.45, 7) is 2.95. The second kappa shape index (κ2) is 5.10. The molecule has 0 amide bonds. The summed E-state index contributed by atoms with van der Waals surface area (Å²) in [4.78, 5) is 0. The minimum absolute atomic E-state index is 0.571. The van der Waals surface area contributed by atoms with Gasteiger partial charge >= 0.3 is 0 Å². The Kier molecular flexibility index (Phi) is 3.78. The number of rotatable bonds is 2. The first-order chi connectivity index (χ1) is 7.31. The standard InChI is InChI=1S/C12H17BrN2/c13-11-3-1-2-9(6-11)12-8-15-5-4-10(12)7-14/h1-3,6,10,12,15H,4-5,7-8,14H2. The summed E-state index contributed by atoms with van der Waals surface area (Å²) in [7, 11) is 0. The highest BCUT2D eigenvalue weighted by atomic mass is 79.9. The molecule has 1 aliphatic rings. The van der Waals surface area contributed by atoms with Crippen LogP contribution < -0.4 is 11.1 Å². The van der Waals surface area contributed by atoms with Crippen LogP contribution in [0.25, 0.3) is 0 Å². The molecule has 2 rings (SSSR count). The third kappa shape index (κ3) is 2.60. The van der Waals surface area contributed by atoms with Gasteiger partial charge in [-0.05, 0) is 43.1 Å². The zero-order chi connectivity index (χ0) is 10.7. The maximum absolute atomic E-state index is 5.83. The van der Waals surface area contributed by atoms with Gasteiger partial charge in [-0.3, -0.25) is 0 Å². The van der Waals surface area contributed by atoms with E-state index in [4.69, 9.17) is 5.73 Å². The first-order valence-corrected chi connectivity index (χ1v) is 6.27. The molecular weight excluding hydrogens is 252 g/mol. The van der Waals surface area contributed by atoms with Gasteiger partial charge in [-0.15, -0.1) is 0 Å². The van der Waals surface area contributed by atoms with E-state index in [1.54, 1.807) is 0 Å². The van der Waals surface area contributed by atoms with Crippen LogP contribution in [0.2, 0.25) is 0 Å². The predicted octanol–water partition coefficient (Wildman–Crippen LogP) is 2.10. The van der Waals surface area contributed by atoms with E-state index in [9.17, 15) is 0 Å². The Morgan fingerprint density at radius 1 is 1.47 bits per heavy atom. The molecule has 1 aliphatic heterocycles. The van der Waals surface area contributed by atoms with Crippen molar-refractivity contribution in [3.8, 4) is 0 Å². The van der Waals surface area contributed by atoms with Gasteiger partial charge in [0.25, 0.3) is 0 Å². The van der Waals surface area contributed by atoms with Gasteiger partial charge < -0.3 is 11.1 Å². The van der Waals surface area contributed by atoms with Crippen molar-refractivity contribution in [1.82, 2.24) is 5.32 Å². The Morgan fingerprint density at radius 3 is 3.07 bits per heavy atom. The molecule has 0 spiro atoms. The molecule has 15 heavy (non-hydrogen) atoms. The van der Waals surface area contributed by atoms with Crippen molar-refractivity contribution >= 4 is 15.9 Å². The second-order valence-electron chi connectivity index (χ2n) is 4.15. The van der Waals surface area contributed by atoms with Crippen molar-refractivity contribution < 1.29 is 0 Å². The molecule has 2 nitrogen and oxygen atoms in total. The van der Waals surface area contributed by atoms with Crippen LogP contribution in [0, 0.1) is 5.92 Å². The molecule has 2 unspecified atom stereocenters. The molecule has 3 N–H and O–H groups in total. The summed E-state index contributed by atoms with van der Waals surface area (Å²) in [5.41, 5.74) is 7.22. The second-order valence-corrected chi connectivity index (χ2v) is 5.07. The number of nitrogens with one attached hydrogen (secondary N) is 1. The minimum Gasteiger partial charge on any atom is -0.330 e. The lowest BCUT2D eigenvalue weighted by Crippen LogP contribution is -2.38. The van der Waals surface area contributed by atoms with Gasteiger partial charge in [0, 0.05) is 16.9 Å². The summed E-state index contributed by atoms with van der Waals surface area (Å²) in [6.07, 6.45) is 1.19. The molecule has 1 heterocycles. The maximum Gasteiger partial charge on any atom is 0.0178 e. The van der Waals surface area contributed by atoms with Crippen LogP contribution in [-0.2, 0) is 0 Å². The first-order valence-electron chi connectivity index (χ1n) is 5.47. The van der Waals surface area contributed by atoms with Crippen LogP contribution in [0.3, 0.4) is 0 Å². The fraction of sp³-hybridized carbons (Fsp3) is 0.500. The average molecular weight is 269 g/mol. The fourth-order valence-electron chi connectivity index (χ4n) is 2.32. The summed E-state index contributed by atoms with van der Waals surface area (Å²) >= 11 is 3.52. The molecule has 0 bridgehead atoms. The minimum atomic E-state index is 0.571. The van der Waals surface area contributed by atoms with E-state index in [0.717, 1.165) is 24.1 Å². The predicted molar refractivity (Wildman–Crippen MR) is 66.9 cm³/mol. The quantitative estimate of drug-likeness (QED) is 0.863. The monoisotopic (exact) mass is 268 g/mol. The van der Waals surface area contributed by atoms with Crippen LogP contribution in [0.5, 0.6) is 0 Å². The van der Waals surface area contributed by atoms with E-state index in [1.165, 1.54) is 12.0 Å². The fourth-order valence-corrected chi connectivity index (χ4v) is 2.74. The smallest absolute Gasteiger partial charge is 0.0178 e. The number of hydrogen-bond acceptors (Lipinski definition) is 2. The number of hydrogen-bond donors (Lipinski definition) is 2. The average Bonchev–Trinajstić information content (AvgIpc) is 2.29. The molecule has 1 aromatic rings. The molecule has 0 saturated carbocycles. The van der Waals surface area contributed by atoms with Gasteiger partial charge in [-0.25, -0.2) is 0 Å². The van der Waals surface area contributed by atoms with Crippen molar-refractivity contribution in [2.24, 2.45) is 11.7 Å². The van der Waals surface area contributed by atoms with Gasteiger partial charge in [0.1, 0.15) is 0 Å². The van der Waals surface area contributed by atoms with Crippen LogP contribution >= 0.6 is 15.9 Å². The van der Waals surface area contributed by atoms with E-state index < -0.39 is 0 Å². The lowest BCUT2D eigenvalue weighted by molar-refractivity contribution is 0.331. The lowest BCUT2D eigenvalue weighted by atomic mass is 9.81. The summed E-state index contributed by atoms with van der Waals surface area (Å²) in [5.74, 6) is 1.20. The van der Waals surface area contributed by atoms with Gasteiger partial charge in [0.2, 0.25) is 0 Å². The molecule has 1 aromatic carbocycles. The maximum atomic E-state index is 5.83. The number of piperidine rings is 1. The molecule has 2 atom stereocenters. The normalized spacial score (nSPS) is 26.5. The molecule has 0 aromatic heterocycles. The zero-order valence-electron chi connectivity index (χ0n) is 8.75. The third-order valence-corrected chi connectivity index (χ3v) is 3.70. The highest BCUT2D eigenvalue weighted by Gasteiger charge is 2.24. The van der Waals surface area contributed by atoms with Crippen LogP contribution in [0.4, 0.5) is 0 Å². The van der Waals surface area contributed by atoms with E-state index in [2.05, 4.69) is 45.5 Å². The SMILES string of the molecule is NCC1CCNCC1c1cccc(Br)c1. The van der Waals surface area contributed by atoms with Gasteiger partial charge in [0.05, 0.1) is 0 Å². The summed E-state index contributed by atoms with van der Waals surface area (Å²) in [6, 6.07) is 8.57. The molecule has 3 heteroatoms. The third-order valence-electron chi connectivity index (χ3n) is 3.20. The van der Waals surface area contributed by atoms with Crippen LogP contribution in [0.15, 0.2) is 28.7 Å². The number of halogens is 1. The highest BCUT2D eigenvalue weighted by molar-refractivity contribution is 9.10. The van der Waals surface area contributed by atoms with Gasteiger partial charge in [-0.1, -0.05) is 28.1 Å². The summed E-state index contributed by atoms with van der Waals surface area (Å²) < 4.78 is 1.15. The summed E-state index contributed by atoms with van der Waals surface area (Å²) in [5, 5.41) is 3.45.